The third kappa shape index (κ3) is 2.42. The van der Waals surface area contributed by atoms with Crippen LogP contribution in [0.15, 0.2) is 43.0 Å². The molecule has 0 aliphatic carbocycles. The van der Waals surface area contributed by atoms with Gasteiger partial charge in [0.15, 0.2) is 6.04 Å². The van der Waals surface area contributed by atoms with Crippen LogP contribution in [-0.4, -0.2) is 39.4 Å². The standard InChI is InChI=1S/C14H15N2OS.ClH/c1-2-13(17)16-12(11-6-4-3-5-7-11)10-15-8-9-18-14(15)16;/h2-7,12H,1,8-10H2;1H/q+1;/p-1/t12-;/m1./s1. The van der Waals surface area contributed by atoms with Gasteiger partial charge in [0.1, 0.15) is 6.54 Å². The Labute approximate surface area is 123 Å². The molecule has 1 atom stereocenters. The fraction of sp³-hybridized carbons (Fsp3) is 0.286. The maximum atomic E-state index is 12.1. The molecule has 2 heterocycles. The van der Waals surface area contributed by atoms with Crippen LogP contribution in [0.2, 0.25) is 0 Å². The molecule has 1 amide bonds. The van der Waals surface area contributed by atoms with Crippen LogP contribution in [0.1, 0.15) is 11.6 Å². The van der Waals surface area contributed by atoms with E-state index < -0.39 is 0 Å². The molecule has 1 aromatic rings. The van der Waals surface area contributed by atoms with Crippen molar-refractivity contribution in [3.63, 3.8) is 0 Å². The summed E-state index contributed by atoms with van der Waals surface area (Å²) in [6, 6.07) is 10.3. The van der Waals surface area contributed by atoms with Gasteiger partial charge in [-0.2, -0.15) is 4.90 Å². The van der Waals surface area contributed by atoms with Crippen LogP contribution in [0.25, 0.3) is 0 Å². The Morgan fingerprint density at radius 2 is 2.16 bits per heavy atom. The molecule has 0 saturated heterocycles. The molecule has 2 aliphatic rings. The Morgan fingerprint density at radius 3 is 2.84 bits per heavy atom. The third-order valence-electron chi connectivity index (χ3n) is 3.37. The molecule has 0 radical (unpaired) electrons. The van der Waals surface area contributed by atoms with Crippen molar-refractivity contribution in [1.29, 1.82) is 0 Å². The van der Waals surface area contributed by atoms with Gasteiger partial charge in [0.05, 0.1) is 6.54 Å². The molecule has 19 heavy (non-hydrogen) atoms. The van der Waals surface area contributed by atoms with Crippen LogP contribution in [0.4, 0.5) is 0 Å². The highest BCUT2D eigenvalue weighted by Crippen LogP contribution is 2.33. The Morgan fingerprint density at radius 1 is 1.42 bits per heavy atom. The SMILES string of the molecule is C=CC(=O)N1C2=[N+](CCS2)C[C@@H]1c1ccccc1.[Cl-]. The van der Waals surface area contributed by atoms with E-state index in [1.807, 2.05) is 23.1 Å². The van der Waals surface area contributed by atoms with Crippen molar-refractivity contribution in [2.75, 3.05) is 18.8 Å². The summed E-state index contributed by atoms with van der Waals surface area (Å²) in [5.41, 5.74) is 1.19. The van der Waals surface area contributed by atoms with Crippen molar-refractivity contribution in [3.05, 3.63) is 48.6 Å². The first-order chi connectivity index (χ1) is 8.81. The Hall–Kier alpha value is -1.26. The Bertz CT molecular complexity index is 530. The zero-order chi connectivity index (χ0) is 12.5. The third-order valence-corrected chi connectivity index (χ3v) is 4.47. The van der Waals surface area contributed by atoms with E-state index in [1.54, 1.807) is 11.8 Å². The largest absolute Gasteiger partial charge is 1.00 e. The topological polar surface area (TPSA) is 23.3 Å². The van der Waals surface area contributed by atoms with Gasteiger partial charge in [-0.05, 0) is 11.8 Å². The first-order valence-electron chi connectivity index (χ1n) is 6.06. The molecule has 3 nitrogen and oxygen atoms in total. The van der Waals surface area contributed by atoms with Crippen molar-refractivity contribution < 1.29 is 21.8 Å². The lowest BCUT2D eigenvalue weighted by Gasteiger charge is -2.17. The predicted octanol–water partition coefficient (Wildman–Crippen LogP) is -1.12. The van der Waals surface area contributed by atoms with E-state index in [4.69, 9.17) is 0 Å². The lowest BCUT2D eigenvalue weighted by Crippen LogP contribution is -3.00. The van der Waals surface area contributed by atoms with E-state index in [-0.39, 0.29) is 24.4 Å². The minimum absolute atomic E-state index is 0. The van der Waals surface area contributed by atoms with Crippen molar-refractivity contribution >= 4 is 22.8 Å². The molecule has 2 aliphatic heterocycles. The first kappa shape index (κ1) is 14.2. The molecule has 0 N–H and O–H groups in total. The highest BCUT2D eigenvalue weighted by molar-refractivity contribution is 8.13. The number of amides is 1. The zero-order valence-corrected chi connectivity index (χ0v) is 12.0. The molecule has 0 unspecified atom stereocenters. The van der Waals surface area contributed by atoms with E-state index >= 15 is 0 Å². The monoisotopic (exact) mass is 294 g/mol. The van der Waals surface area contributed by atoms with Gasteiger partial charge in [-0.3, -0.25) is 4.58 Å². The van der Waals surface area contributed by atoms with Crippen LogP contribution in [0.5, 0.6) is 0 Å². The van der Waals surface area contributed by atoms with E-state index in [0.29, 0.717) is 0 Å². The van der Waals surface area contributed by atoms with E-state index in [1.165, 1.54) is 11.6 Å². The van der Waals surface area contributed by atoms with Gasteiger partial charge in [0.25, 0.3) is 0 Å². The maximum Gasteiger partial charge on any atom is 0.334 e. The molecule has 5 heteroatoms. The molecule has 1 aromatic carbocycles. The number of hydrogen-bond donors (Lipinski definition) is 0. The lowest BCUT2D eigenvalue weighted by atomic mass is 10.1. The molecular formula is C14H15ClN2OS. The predicted molar refractivity (Wildman–Crippen MR) is 73.7 cm³/mol. The van der Waals surface area contributed by atoms with Crippen LogP contribution in [0.3, 0.4) is 0 Å². The number of rotatable bonds is 2. The fourth-order valence-electron chi connectivity index (χ4n) is 2.52. The van der Waals surface area contributed by atoms with Gasteiger partial charge in [-0.1, -0.05) is 36.9 Å². The summed E-state index contributed by atoms with van der Waals surface area (Å²) in [5.74, 6) is 1.06. The number of thioether (sulfide) groups is 1. The lowest BCUT2D eigenvalue weighted by molar-refractivity contribution is -0.511. The second-order valence-corrected chi connectivity index (χ2v) is 5.48. The summed E-state index contributed by atoms with van der Waals surface area (Å²) in [4.78, 5) is 14.0. The zero-order valence-electron chi connectivity index (χ0n) is 10.5. The number of carbonyl (C=O) groups is 1. The van der Waals surface area contributed by atoms with Crippen LogP contribution in [-0.2, 0) is 4.79 Å². The van der Waals surface area contributed by atoms with Crippen molar-refractivity contribution in [2.45, 2.75) is 6.04 Å². The van der Waals surface area contributed by atoms with Gasteiger partial charge in [-0.15, -0.1) is 0 Å². The minimum Gasteiger partial charge on any atom is -1.00 e. The average Bonchev–Trinajstić information content (AvgIpc) is 2.98. The van der Waals surface area contributed by atoms with Gasteiger partial charge in [0, 0.05) is 17.4 Å². The van der Waals surface area contributed by atoms with E-state index in [9.17, 15) is 4.79 Å². The van der Waals surface area contributed by atoms with Crippen LogP contribution in [0, 0.1) is 0 Å². The quantitative estimate of drug-likeness (QED) is 0.509. The molecule has 0 saturated carbocycles. The molecule has 0 spiro atoms. The summed E-state index contributed by atoms with van der Waals surface area (Å²) >= 11 is 1.76. The number of nitrogens with zero attached hydrogens (tertiary/aromatic N) is 2. The molecule has 100 valence electrons. The number of hydrogen-bond acceptors (Lipinski definition) is 2. The number of halogens is 1. The molecular weight excluding hydrogens is 280 g/mol. The van der Waals surface area contributed by atoms with Crippen molar-refractivity contribution in [3.8, 4) is 0 Å². The van der Waals surface area contributed by atoms with Gasteiger partial charge < -0.3 is 12.4 Å². The van der Waals surface area contributed by atoms with E-state index in [0.717, 1.165) is 24.0 Å². The fourth-order valence-corrected chi connectivity index (χ4v) is 3.72. The second kappa shape index (κ2) is 5.80. The summed E-state index contributed by atoms with van der Waals surface area (Å²) < 4.78 is 2.30. The van der Waals surface area contributed by atoms with Crippen molar-refractivity contribution in [2.24, 2.45) is 0 Å². The van der Waals surface area contributed by atoms with Crippen LogP contribution >= 0.6 is 11.8 Å². The van der Waals surface area contributed by atoms with Gasteiger partial charge >= 0.3 is 11.1 Å². The highest BCUT2D eigenvalue weighted by atomic mass is 35.5. The smallest absolute Gasteiger partial charge is 0.334 e. The summed E-state index contributed by atoms with van der Waals surface area (Å²) in [5, 5.41) is 1.09. The number of amidine groups is 1. The summed E-state index contributed by atoms with van der Waals surface area (Å²) in [6.45, 7) is 5.54. The van der Waals surface area contributed by atoms with Gasteiger partial charge in [-0.25, -0.2) is 4.79 Å². The first-order valence-corrected chi connectivity index (χ1v) is 7.05. The second-order valence-electron chi connectivity index (χ2n) is 4.42. The number of benzene rings is 1. The molecule has 0 aromatic heterocycles. The summed E-state index contributed by atoms with van der Waals surface area (Å²) in [7, 11) is 0. The van der Waals surface area contributed by atoms with Crippen LogP contribution < -0.4 is 12.4 Å². The normalized spacial score (nSPS) is 21.1. The van der Waals surface area contributed by atoms with Crippen molar-refractivity contribution in [1.82, 2.24) is 4.90 Å². The average molecular weight is 295 g/mol. The molecule has 3 rings (SSSR count). The highest BCUT2D eigenvalue weighted by Gasteiger charge is 2.46. The molecule has 0 bridgehead atoms. The Balaban J connectivity index is 0.00000133. The Kier molecular flexibility index (Phi) is 4.32. The van der Waals surface area contributed by atoms with E-state index in [2.05, 4.69) is 23.3 Å². The maximum absolute atomic E-state index is 12.1. The minimum atomic E-state index is -0.00393. The number of carbonyl (C=O) groups excluding carboxylic acids is 1. The molecule has 0 fully saturated rings. The van der Waals surface area contributed by atoms with Gasteiger partial charge in [0.2, 0.25) is 0 Å². The summed E-state index contributed by atoms with van der Waals surface area (Å²) in [6.07, 6.45) is 1.41.